The van der Waals surface area contributed by atoms with Crippen molar-refractivity contribution >= 4 is 5.97 Å². The number of hydrogen-bond acceptors (Lipinski definition) is 4. The molecule has 1 saturated heterocycles. The Hall–Kier alpha value is -1.43. The molecule has 2 unspecified atom stereocenters. The Kier molecular flexibility index (Phi) is 7.69. The molecule has 0 radical (unpaired) electrons. The van der Waals surface area contributed by atoms with E-state index in [9.17, 15) is 4.79 Å². The fourth-order valence-electron chi connectivity index (χ4n) is 3.29. The van der Waals surface area contributed by atoms with Gasteiger partial charge in [0.25, 0.3) is 0 Å². The summed E-state index contributed by atoms with van der Waals surface area (Å²) in [6.07, 6.45) is 2.41. The van der Waals surface area contributed by atoms with Gasteiger partial charge in [-0.1, -0.05) is 37.3 Å². The van der Waals surface area contributed by atoms with Crippen LogP contribution < -0.4 is 0 Å². The third-order valence-corrected chi connectivity index (χ3v) is 4.48. The van der Waals surface area contributed by atoms with Crippen LogP contribution in [0.15, 0.2) is 30.3 Å². The number of carbonyl (C=O) groups is 1. The molecule has 0 saturated carbocycles. The monoisotopic (exact) mass is 334 g/mol. The van der Waals surface area contributed by atoms with Crippen molar-refractivity contribution in [1.29, 1.82) is 0 Å². The molecule has 1 N–H and O–H groups in total. The van der Waals surface area contributed by atoms with Crippen molar-refractivity contribution < 1.29 is 14.6 Å². The zero-order chi connectivity index (χ0) is 17.4. The molecule has 1 aromatic rings. The lowest BCUT2D eigenvalue weighted by Gasteiger charge is -2.35. The maximum absolute atomic E-state index is 10.8. The van der Waals surface area contributed by atoms with Gasteiger partial charge in [0.15, 0.2) is 0 Å². The normalized spacial score (nSPS) is 20.2. The molecule has 1 aromatic carbocycles. The number of ether oxygens (including phenoxy) is 1. The number of benzene rings is 1. The standard InChI is InChI=1S/C19H30N2O3/c1-16(8-9-17-6-4-3-5-7-17)12-21-10-11-24-18(14-21)13-20(2)15-19(22)23/h3-7,16,18H,8-15H2,1-2H3,(H,22,23). The molecule has 24 heavy (non-hydrogen) atoms. The molecule has 0 aromatic heterocycles. The summed E-state index contributed by atoms with van der Waals surface area (Å²) in [6, 6.07) is 10.6. The van der Waals surface area contributed by atoms with Crippen LogP contribution >= 0.6 is 0 Å². The smallest absolute Gasteiger partial charge is 0.317 e. The highest BCUT2D eigenvalue weighted by molar-refractivity contribution is 5.69. The molecular formula is C19H30N2O3. The Morgan fingerprint density at radius 2 is 2.17 bits per heavy atom. The molecule has 1 fully saturated rings. The summed E-state index contributed by atoms with van der Waals surface area (Å²) in [5.41, 5.74) is 1.40. The average molecular weight is 334 g/mol. The number of nitrogens with zero attached hydrogens (tertiary/aromatic N) is 2. The second kappa shape index (κ2) is 9.77. The first-order valence-electron chi connectivity index (χ1n) is 8.81. The number of rotatable bonds is 9. The van der Waals surface area contributed by atoms with Crippen molar-refractivity contribution in [2.24, 2.45) is 5.92 Å². The number of carboxylic acid groups (broad SMARTS) is 1. The van der Waals surface area contributed by atoms with Crippen molar-refractivity contribution in [2.75, 3.05) is 46.4 Å². The van der Waals surface area contributed by atoms with Crippen LogP contribution in [0.2, 0.25) is 0 Å². The summed E-state index contributed by atoms with van der Waals surface area (Å²) in [6.45, 7) is 6.71. The van der Waals surface area contributed by atoms with Crippen molar-refractivity contribution in [3.8, 4) is 0 Å². The van der Waals surface area contributed by atoms with Crippen molar-refractivity contribution in [2.45, 2.75) is 25.9 Å². The number of aliphatic carboxylic acids is 1. The number of hydrogen-bond donors (Lipinski definition) is 1. The van der Waals surface area contributed by atoms with Gasteiger partial charge < -0.3 is 9.84 Å². The van der Waals surface area contributed by atoms with E-state index < -0.39 is 5.97 Å². The molecule has 0 spiro atoms. The van der Waals surface area contributed by atoms with E-state index in [2.05, 4.69) is 42.2 Å². The Morgan fingerprint density at radius 1 is 1.42 bits per heavy atom. The Morgan fingerprint density at radius 3 is 2.88 bits per heavy atom. The van der Waals surface area contributed by atoms with Gasteiger partial charge in [0.2, 0.25) is 0 Å². The lowest BCUT2D eigenvalue weighted by molar-refractivity contribution is -0.138. The van der Waals surface area contributed by atoms with E-state index in [-0.39, 0.29) is 12.6 Å². The molecule has 134 valence electrons. The number of aryl methyl sites for hydroxylation is 1. The van der Waals surface area contributed by atoms with Gasteiger partial charge in [0.05, 0.1) is 19.3 Å². The first-order chi connectivity index (χ1) is 11.5. The third-order valence-electron chi connectivity index (χ3n) is 4.48. The maximum Gasteiger partial charge on any atom is 0.317 e. The summed E-state index contributed by atoms with van der Waals surface area (Å²) in [7, 11) is 1.83. The van der Waals surface area contributed by atoms with E-state index in [0.29, 0.717) is 12.5 Å². The Bertz CT molecular complexity index is 495. The maximum atomic E-state index is 10.8. The summed E-state index contributed by atoms with van der Waals surface area (Å²) in [5, 5.41) is 8.84. The number of morpholine rings is 1. The van der Waals surface area contributed by atoms with Gasteiger partial charge in [-0.3, -0.25) is 14.6 Å². The molecule has 0 bridgehead atoms. The topological polar surface area (TPSA) is 53.0 Å². The minimum atomic E-state index is -0.792. The third kappa shape index (κ3) is 6.99. The molecule has 1 aliphatic rings. The zero-order valence-corrected chi connectivity index (χ0v) is 14.9. The largest absolute Gasteiger partial charge is 0.480 e. The number of likely N-dealkylation sites (N-methyl/N-ethyl adjacent to an activating group) is 1. The second-order valence-corrected chi connectivity index (χ2v) is 6.97. The first kappa shape index (κ1) is 18.9. The van der Waals surface area contributed by atoms with E-state index >= 15 is 0 Å². The van der Waals surface area contributed by atoms with Gasteiger partial charge in [-0.05, 0) is 31.4 Å². The molecule has 0 aliphatic carbocycles. The molecule has 1 heterocycles. The van der Waals surface area contributed by atoms with E-state index in [0.717, 1.165) is 32.7 Å². The van der Waals surface area contributed by atoms with E-state index in [1.807, 2.05) is 11.9 Å². The highest BCUT2D eigenvalue weighted by Gasteiger charge is 2.23. The van der Waals surface area contributed by atoms with Crippen LogP contribution in [0.25, 0.3) is 0 Å². The van der Waals surface area contributed by atoms with Gasteiger partial charge >= 0.3 is 5.97 Å². The number of carboxylic acids is 1. The molecule has 0 amide bonds. The fraction of sp³-hybridized carbons (Fsp3) is 0.632. The Labute approximate surface area is 145 Å². The Balaban J connectivity index is 1.70. The molecular weight excluding hydrogens is 304 g/mol. The van der Waals surface area contributed by atoms with E-state index in [1.165, 1.54) is 12.0 Å². The lowest BCUT2D eigenvalue weighted by atomic mass is 10.0. The zero-order valence-electron chi connectivity index (χ0n) is 14.9. The minimum absolute atomic E-state index is 0.0628. The van der Waals surface area contributed by atoms with Crippen LogP contribution in [0.3, 0.4) is 0 Å². The molecule has 2 rings (SSSR count). The molecule has 2 atom stereocenters. The van der Waals surface area contributed by atoms with Crippen LogP contribution in [0, 0.1) is 5.92 Å². The second-order valence-electron chi connectivity index (χ2n) is 6.97. The highest BCUT2D eigenvalue weighted by Crippen LogP contribution is 2.14. The summed E-state index contributed by atoms with van der Waals surface area (Å²) >= 11 is 0. The highest BCUT2D eigenvalue weighted by atomic mass is 16.5. The fourth-order valence-corrected chi connectivity index (χ4v) is 3.29. The van der Waals surface area contributed by atoms with Gasteiger partial charge in [-0.2, -0.15) is 0 Å². The van der Waals surface area contributed by atoms with E-state index in [4.69, 9.17) is 9.84 Å². The first-order valence-corrected chi connectivity index (χ1v) is 8.81. The minimum Gasteiger partial charge on any atom is -0.480 e. The van der Waals surface area contributed by atoms with Gasteiger partial charge in [0, 0.05) is 26.2 Å². The van der Waals surface area contributed by atoms with Crippen LogP contribution in [0.5, 0.6) is 0 Å². The predicted molar refractivity (Wildman–Crippen MR) is 95.2 cm³/mol. The molecule has 5 heteroatoms. The van der Waals surface area contributed by atoms with Crippen molar-refractivity contribution in [3.63, 3.8) is 0 Å². The van der Waals surface area contributed by atoms with Gasteiger partial charge in [-0.25, -0.2) is 0 Å². The van der Waals surface area contributed by atoms with Crippen LogP contribution in [-0.2, 0) is 16.0 Å². The summed E-state index contributed by atoms with van der Waals surface area (Å²) < 4.78 is 5.80. The summed E-state index contributed by atoms with van der Waals surface area (Å²) in [4.78, 5) is 15.0. The van der Waals surface area contributed by atoms with Gasteiger partial charge in [-0.15, -0.1) is 0 Å². The SMILES string of the molecule is CC(CCc1ccccc1)CN1CCOC(CN(C)CC(=O)O)C1. The lowest BCUT2D eigenvalue weighted by Crippen LogP contribution is -2.48. The summed E-state index contributed by atoms with van der Waals surface area (Å²) in [5.74, 6) is -0.152. The average Bonchev–Trinajstić information content (AvgIpc) is 2.53. The van der Waals surface area contributed by atoms with Crippen LogP contribution in [0.1, 0.15) is 18.9 Å². The van der Waals surface area contributed by atoms with E-state index in [1.54, 1.807) is 0 Å². The quantitative estimate of drug-likeness (QED) is 0.748. The predicted octanol–water partition coefficient (Wildman–Crippen LogP) is 1.97. The van der Waals surface area contributed by atoms with Crippen LogP contribution in [0.4, 0.5) is 0 Å². The van der Waals surface area contributed by atoms with Crippen molar-refractivity contribution in [3.05, 3.63) is 35.9 Å². The van der Waals surface area contributed by atoms with Crippen LogP contribution in [-0.4, -0.2) is 73.4 Å². The molecule has 1 aliphatic heterocycles. The van der Waals surface area contributed by atoms with Crippen molar-refractivity contribution in [1.82, 2.24) is 9.80 Å². The molecule has 5 nitrogen and oxygen atoms in total. The van der Waals surface area contributed by atoms with Gasteiger partial charge in [0.1, 0.15) is 0 Å².